The zero-order valence-corrected chi connectivity index (χ0v) is 9.87. The van der Waals surface area contributed by atoms with Crippen LogP contribution in [0.1, 0.15) is 44.7 Å². The Bertz CT molecular complexity index is 402. The fourth-order valence-corrected chi connectivity index (χ4v) is 2.04. The molecule has 0 aliphatic carbocycles. The monoisotopic (exact) mass is 202 g/mol. The lowest BCUT2D eigenvalue weighted by molar-refractivity contribution is 0.116. The van der Waals surface area contributed by atoms with Gasteiger partial charge in [0.25, 0.3) is 0 Å². The van der Waals surface area contributed by atoms with E-state index in [9.17, 15) is 0 Å². The van der Waals surface area contributed by atoms with Crippen LogP contribution in [0.5, 0.6) is 5.75 Å². The van der Waals surface area contributed by atoms with E-state index < -0.39 is 0 Å². The molecule has 15 heavy (non-hydrogen) atoms. The topological polar surface area (TPSA) is 9.23 Å². The maximum Gasteiger partial charge on any atom is 0.123 e. The Balaban J connectivity index is 2.44. The van der Waals surface area contributed by atoms with Crippen LogP contribution in [0.2, 0.25) is 0 Å². The predicted octanol–water partition coefficient (Wildman–Crippen LogP) is 3.99. The highest BCUT2D eigenvalue weighted by Crippen LogP contribution is 2.44. The summed E-state index contributed by atoms with van der Waals surface area (Å²) < 4.78 is 5.92. The molecular formula is C14H18O. The van der Waals surface area contributed by atoms with Crippen LogP contribution in [0, 0.1) is 0 Å². The van der Waals surface area contributed by atoms with E-state index in [0.29, 0.717) is 5.92 Å². The Hall–Kier alpha value is -1.24. The second-order valence-electron chi connectivity index (χ2n) is 4.72. The largest absolute Gasteiger partial charge is 0.487 e. The van der Waals surface area contributed by atoms with E-state index in [4.69, 9.17) is 4.74 Å². The van der Waals surface area contributed by atoms with Crippen molar-refractivity contribution < 1.29 is 4.74 Å². The van der Waals surface area contributed by atoms with Crippen molar-refractivity contribution in [3.05, 3.63) is 35.4 Å². The van der Waals surface area contributed by atoms with Gasteiger partial charge in [0, 0.05) is 11.5 Å². The Morgan fingerprint density at radius 3 is 2.73 bits per heavy atom. The minimum Gasteiger partial charge on any atom is -0.487 e. The van der Waals surface area contributed by atoms with Gasteiger partial charge in [-0.25, -0.2) is 0 Å². The molecule has 0 saturated carbocycles. The number of hydrogen-bond donors (Lipinski definition) is 0. The molecule has 1 aromatic rings. The van der Waals surface area contributed by atoms with Crippen LogP contribution >= 0.6 is 0 Å². The van der Waals surface area contributed by atoms with Gasteiger partial charge in [0.05, 0.1) is 0 Å². The summed E-state index contributed by atoms with van der Waals surface area (Å²) in [7, 11) is 0. The summed E-state index contributed by atoms with van der Waals surface area (Å²) >= 11 is 0. The molecule has 0 aromatic heterocycles. The fourth-order valence-electron chi connectivity index (χ4n) is 2.04. The highest BCUT2D eigenvalue weighted by molar-refractivity contribution is 5.55. The molecular weight excluding hydrogens is 184 g/mol. The summed E-state index contributed by atoms with van der Waals surface area (Å²) in [5, 5.41) is 0. The first-order chi connectivity index (χ1) is 7.04. The van der Waals surface area contributed by atoms with Crippen LogP contribution in [0.4, 0.5) is 0 Å². The van der Waals surface area contributed by atoms with Gasteiger partial charge >= 0.3 is 0 Å². The number of rotatable bonds is 1. The Morgan fingerprint density at radius 2 is 2.07 bits per heavy atom. The molecule has 2 rings (SSSR count). The Kier molecular flexibility index (Phi) is 2.34. The quantitative estimate of drug-likeness (QED) is 0.669. The van der Waals surface area contributed by atoms with Crippen molar-refractivity contribution in [3.63, 3.8) is 0 Å². The predicted molar refractivity (Wildman–Crippen MR) is 64.3 cm³/mol. The van der Waals surface area contributed by atoms with E-state index in [1.54, 1.807) is 0 Å². The molecule has 0 spiro atoms. The minimum absolute atomic E-state index is 0.0725. The molecule has 0 radical (unpaired) electrons. The average Bonchev–Trinajstić information content (AvgIpc) is 2.40. The van der Waals surface area contributed by atoms with E-state index in [0.717, 1.165) is 5.75 Å². The van der Waals surface area contributed by atoms with Gasteiger partial charge in [0.1, 0.15) is 11.4 Å². The lowest BCUT2D eigenvalue weighted by atomic mass is 9.88. The molecule has 0 amide bonds. The van der Waals surface area contributed by atoms with Crippen LogP contribution in [0.25, 0.3) is 6.08 Å². The zero-order chi connectivity index (χ0) is 11.1. The molecule has 1 atom stereocenters. The van der Waals surface area contributed by atoms with E-state index in [2.05, 4.69) is 51.1 Å². The second-order valence-corrected chi connectivity index (χ2v) is 4.72. The van der Waals surface area contributed by atoms with Gasteiger partial charge in [0.15, 0.2) is 0 Å². The van der Waals surface area contributed by atoms with Crippen molar-refractivity contribution in [2.75, 3.05) is 0 Å². The molecule has 1 aromatic carbocycles. The highest BCUT2D eigenvalue weighted by Gasteiger charge is 2.37. The lowest BCUT2D eigenvalue weighted by Crippen LogP contribution is -2.28. The SMILES string of the molecule is CC=Cc1ccc2c(c1)C(C)C(C)(C)O2. The number of hydrogen-bond acceptors (Lipinski definition) is 1. The molecule has 1 heterocycles. The van der Waals surface area contributed by atoms with Crippen LogP contribution in [0.3, 0.4) is 0 Å². The van der Waals surface area contributed by atoms with Gasteiger partial charge < -0.3 is 4.74 Å². The molecule has 1 aliphatic rings. The summed E-state index contributed by atoms with van der Waals surface area (Å²) in [5.74, 6) is 1.50. The molecule has 0 bridgehead atoms. The lowest BCUT2D eigenvalue weighted by Gasteiger charge is -2.22. The van der Waals surface area contributed by atoms with Crippen molar-refractivity contribution in [3.8, 4) is 5.75 Å². The van der Waals surface area contributed by atoms with Crippen LogP contribution < -0.4 is 4.74 Å². The summed E-state index contributed by atoms with van der Waals surface area (Å²) in [4.78, 5) is 0. The Morgan fingerprint density at radius 1 is 1.33 bits per heavy atom. The molecule has 1 nitrogen and oxygen atoms in total. The first-order valence-corrected chi connectivity index (χ1v) is 5.50. The Labute approximate surface area is 91.8 Å². The molecule has 0 saturated heterocycles. The first-order valence-electron chi connectivity index (χ1n) is 5.50. The molecule has 1 heteroatoms. The van der Waals surface area contributed by atoms with Gasteiger partial charge in [-0.05, 0) is 38.5 Å². The van der Waals surface area contributed by atoms with E-state index in [1.165, 1.54) is 11.1 Å². The molecule has 0 fully saturated rings. The van der Waals surface area contributed by atoms with E-state index >= 15 is 0 Å². The van der Waals surface area contributed by atoms with Crippen molar-refractivity contribution >= 4 is 6.08 Å². The average molecular weight is 202 g/mol. The van der Waals surface area contributed by atoms with Crippen LogP contribution in [0.15, 0.2) is 24.3 Å². The summed E-state index contributed by atoms with van der Waals surface area (Å²) in [5.41, 5.74) is 2.51. The maximum absolute atomic E-state index is 5.92. The van der Waals surface area contributed by atoms with Crippen molar-refractivity contribution in [2.45, 2.75) is 39.2 Å². The molecule has 80 valence electrons. The summed E-state index contributed by atoms with van der Waals surface area (Å²) in [6.07, 6.45) is 4.19. The minimum atomic E-state index is -0.0725. The summed E-state index contributed by atoms with van der Waals surface area (Å²) in [6, 6.07) is 6.41. The number of benzene rings is 1. The second kappa shape index (κ2) is 3.41. The molecule has 1 aliphatic heterocycles. The third kappa shape index (κ3) is 1.67. The standard InChI is InChI=1S/C14H18O/c1-5-6-11-7-8-13-12(9-11)10(2)14(3,4)15-13/h5-10H,1-4H3. The molecule has 1 unspecified atom stereocenters. The number of allylic oxidation sites excluding steroid dienone is 1. The van der Waals surface area contributed by atoms with E-state index in [1.807, 2.05) is 6.92 Å². The number of fused-ring (bicyclic) bond motifs is 1. The van der Waals surface area contributed by atoms with Gasteiger partial charge in [-0.2, -0.15) is 0 Å². The van der Waals surface area contributed by atoms with Gasteiger partial charge in [0.2, 0.25) is 0 Å². The normalized spacial score (nSPS) is 22.8. The third-order valence-corrected chi connectivity index (χ3v) is 3.28. The van der Waals surface area contributed by atoms with Crippen molar-refractivity contribution in [1.29, 1.82) is 0 Å². The fraction of sp³-hybridized carbons (Fsp3) is 0.429. The van der Waals surface area contributed by atoms with Crippen molar-refractivity contribution in [1.82, 2.24) is 0 Å². The highest BCUT2D eigenvalue weighted by atomic mass is 16.5. The van der Waals surface area contributed by atoms with Gasteiger partial charge in [-0.3, -0.25) is 0 Å². The summed E-state index contributed by atoms with van der Waals surface area (Å²) in [6.45, 7) is 8.56. The van der Waals surface area contributed by atoms with Crippen LogP contribution in [-0.2, 0) is 0 Å². The van der Waals surface area contributed by atoms with E-state index in [-0.39, 0.29) is 5.60 Å². The zero-order valence-electron chi connectivity index (χ0n) is 9.87. The van der Waals surface area contributed by atoms with Crippen molar-refractivity contribution in [2.24, 2.45) is 0 Å². The first kappa shape index (κ1) is 10.3. The third-order valence-electron chi connectivity index (χ3n) is 3.28. The maximum atomic E-state index is 5.92. The number of ether oxygens (including phenoxy) is 1. The van der Waals surface area contributed by atoms with Gasteiger partial charge in [-0.15, -0.1) is 0 Å². The smallest absolute Gasteiger partial charge is 0.123 e. The van der Waals surface area contributed by atoms with Gasteiger partial charge in [-0.1, -0.05) is 25.1 Å². The molecule has 0 N–H and O–H groups in total. The van der Waals surface area contributed by atoms with Crippen LogP contribution in [-0.4, -0.2) is 5.60 Å².